The predicted molar refractivity (Wildman–Crippen MR) is 122 cm³/mol. The number of anilines is 1. The Kier molecular flexibility index (Phi) is 5.66. The monoisotopic (exact) mass is 471 g/mol. The number of hydrogen-bond acceptors (Lipinski definition) is 7. The van der Waals surface area contributed by atoms with Gasteiger partial charge in [-0.1, -0.05) is 12.1 Å². The fourth-order valence-corrected chi connectivity index (χ4v) is 4.21. The van der Waals surface area contributed by atoms with E-state index in [-0.39, 0.29) is 5.56 Å². The largest absolute Gasteiger partial charge is 0.497 e. The molecule has 1 aliphatic rings. The Morgan fingerprint density at radius 2 is 1.66 bits per heavy atom. The molecule has 0 aliphatic carbocycles. The smallest absolute Gasteiger partial charge is 0.295 e. The van der Waals surface area contributed by atoms with E-state index in [9.17, 15) is 18.8 Å². The maximum Gasteiger partial charge on any atom is 0.295 e. The van der Waals surface area contributed by atoms with Crippen LogP contribution in [0.5, 0.6) is 5.75 Å². The van der Waals surface area contributed by atoms with Crippen molar-refractivity contribution in [3.8, 4) is 17.2 Å². The highest BCUT2D eigenvalue weighted by atomic mass is 19.1. The second-order valence-electron chi connectivity index (χ2n) is 7.90. The standard InChI is InChI=1S/C26H18FN3O5/c1-34-20-12-6-16(7-13-20)23(31)21-22(15-2-8-18(27)9-3-15)30(26(33)24(21)32)19-10-4-17(5-11-19)25-29-28-14-35-25/h2-14,21-22H,1H3. The molecule has 5 rings (SSSR count). The van der Waals surface area contributed by atoms with Gasteiger partial charge in [-0.3, -0.25) is 19.3 Å². The third-order valence-corrected chi connectivity index (χ3v) is 5.93. The molecule has 1 saturated heterocycles. The van der Waals surface area contributed by atoms with Gasteiger partial charge >= 0.3 is 0 Å². The predicted octanol–water partition coefficient (Wildman–Crippen LogP) is 4.04. The molecular weight excluding hydrogens is 453 g/mol. The lowest BCUT2D eigenvalue weighted by Gasteiger charge is -2.27. The molecule has 2 unspecified atom stereocenters. The second-order valence-corrected chi connectivity index (χ2v) is 7.90. The summed E-state index contributed by atoms with van der Waals surface area (Å²) in [6, 6.07) is 17.3. The first-order valence-corrected chi connectivity index (χ1v) is 10.7. The van der Waals surface area contributed by atoms with E-state index in [4.69, 9.17) is 9.15 Å². The van der Waals surface area contributed by atoms with Gasteiger partial charge in [-0.15, -0.1) is 10.2 Å². The first kappa shape index (κ1) is 22.1. The molecule has 0 radical (unpaired) electrons. The molecule has 2 atom stereocenters. The highest BCUT2D eigenvalue weighted by Crippen LogP contribution is 2.41. The summed E-state index contributed by atoms with van der Waals surface area (Å²) in [7, 11) is 1.50. The van der Waals surface area contributed by atoms with Crippen molar-refractivity contribution in [3.05, 3.63) is 96.1 Å². The van der Waals surface area contributed by atoms with Gasteiger partial charge in [0.15, 0.2) is 5.78 Å². The highest BCUT2D eigenvalue weighted by Gasteiger charge is 2.52. The lowest BCUT2D eigenvalue weighted by Crippen LogP contribution is -2.30. The van der Waals surface area contributed by atoms with Gasteiger partial charge in [-0.25, -0.2) is 4.39 Å². The second kappa shape index (κ2) is 8.94. The zero-order chi connectivity index (χ0) is 24.5. The highest BCUT2D eigenvalue weighted by molar-refractivity contribution is 6.49. The summed E-state index contributed by atoms with van der Waals surface area (Å²) in [5.41, 5.74) is 1.73. The molecule has 2 heterocycles. The van der Waals surface area contributed by atoms with Gasteiger partial charge in [0.25, 0.3) is 5.91 Å². The van der Waals surface area contributed by atoms with Gasteiger partial charge in [0.05, 0.1) is 13.2 Å². The summed E-state index contributed by atoms with van der Waals surface area (Å²) >= 11 is 0. The van der Waals surface area contributed by atoms with Crippen LogP contribution in [0.15, 0.2) is 83.6 Å². The third kappa shape index (κ3) is 3.97. The van der Waals surface area contributed by atoms with Crippen LogP contribution in [-0.4, -0.2) is 34.8 Å². The average molecular weight is 471 g/mol. The quantitative estimate of drug-likeness (QED) is 0.238. The fraction of sp³-hybridized carbons (Fsp3) is 0.115. The van der Waals surface area contributed by atoms with E-state index < -0.39 is 35.3 Å². The molecular formula is C26H18FN3O5. The van der Waals surface area contributed by atoms with E-state index >= 15 is 0 Å². The number of hydrogen-bond donors (Lipinski definition) is 0. The normalized spacial score (nSPS) is 17.6. The number of Topliss-reactive ketones (excluding diaryl/α,β-unsaturated/α-hetero) is 2. The number of aromatic nitrogens is 2. The fourth-order valence-electron chi connectivity index (χ4n) is 4.21. The van der Waals surface area contributed by atoms with Crippen molar-refractivity contribution < 1.29 is 27.9 Å². The molecule has 1 amide bonds. The van der Waals surface area contributed by atoms with E-state index in [1.165, 1.54) is 42.7 Å². The van der Waals surface area contributed by atoms with E-state index in [1.807, 2.05) is 0 Å². The first-order chi connectivity index (χ1) is 17.0. The van der Waals surface area contributed by atoms with Crippen LogP contribution < -0.4 is 9.64 Å². The number of carbonyl (C=O) groups is 3. The molecule has 3 aromatic carbocycles. The molecule has 0 bridgehead atoms. The van der Waals surface area contributed by atoms with Crippen molar-refractivity contribution in [2.75, 3.05) is 12.0 Å². The van der Waals surface area contributed by atoms with E-state index in [0.717, 1.165) is 0 Å². The van der Waals surface area contributed by atoms with Gasteiger partial charge in [0.1, 0.15) is 17.5 Å². The zero-order valence-electron chi connectivity index (χ0n) is 18.4. The Balaban J connectivity index is 1.57. The number of ether oxygens (including phenoxy) is 1. The van der Waals surface area contributed by atoms with Gasteiger partial charge < -0.3 is 9.15 Å². The number of ketones is 2. The molecule has 0 N–H and O–H groups in total. The van der Waals surface area contributed by atoms with Crippen LogP contribution in [0.4, 0.5) is 10.1 Å². The minimum Gasteiger partial charge on any atom is -0.497 e. The number of methoxy groups -OCH3 is 1. The molecule has 1 fully saturated rings. The Bertz CT molecular complexity index is 1380. The lowest BCUT2D eigenvalue weighted by atomic mass is 9.86. The number of rotatable bonds is 6. The molecule has 4 aromatic rings. The number of benzene rings is 3. The Labute approximate surface area is 199 Å². The van der Waals surface area contributed by atoms with Crippen molar-refractivity contribution >= 4 is 23.2 Å². The van der Waals surface area contributed by atoms with Crippen LogP contribution in [0.1, 0.15) is 22.0 Å². The summed E-state index contributed by atoms with van der Waals surface area (Å²) in [6.07, 6.45) is 1.20. The Morgan fingerprint density at radius 3 is 2.26 bits per heavy atom. The zero-order valence-corrected chi connectivity index (χ0v) is 18.4. The average Bonchev–Trinajstić information content (AvgIpc) is 3.52. The number of nitrogens with zero attached hydrogens (tertiary/aromatic N) is 3. The SMILES string of the molecule is COc1ccc(C(=O)C2C(=O)C(=O)N(c3ccc(-c4nnco4)cc3)C2c2ccc(F)cc2)cc1. The van der Waals surface area contributed by atoms with Gasteiger partial charge in [0, 0.05) is 16.8 Å². The van der Waals surface area contributed by atoms with Crippen LogP contribution >= 0.6 is 0 Å². The first-order valence-electron chi connectivity index (χ1n) is 10.7. The van der Waals surface area contributed by atoms with E-state index in [1.54, 1.807) is 48.5 Å². The Morgan fingerprint density at radius 1 is 0.971 bits per heavy atom. The summed E-state index contributed by atoms with van der Waals surface area (Å²) in [5, 5.41) is 7.50. The Hall–Kier alpha value is -4.66. The van der Waals surface area contributed by atoms with Crippen LogP contribution in [0.3, 0.4) is 0 Å². The van der Waals surface area contributed by atoms with Crippen LogP contribution in [-0.2, 0) is 9.59 Å². The molecule has 0 saturated carbocycles. The van der Waals surface area contributed by atoms with Crippen LogP contribution in [0.2, 0.25) is 0 Å². The van der Waals surface area contributed by atoms with Crippen molar-refractivity contribution in [2.24, 2.45) is 5.92 Å². The van der Waals surface area contributed by atoms with Crippen molar-refractivity contribution in [3.63, 3.8) is 0 Å². The van der Waals surface area contributed by atoms with Gasteiger partial charge in [0.2, 0.25) is 18.1 Å². The molecule has 8 nitrogen and oxygen atoms in total. The molecule has 1 aromatic heterocycles. The van der Waals surface area contributed by atoms with Crippen LogP contribution in [0, 0.1) is 11.7 Å². The van der Waals surface area contributed by atoms with E-state index in [0.29, 0.717) is 28.5 Å². The summed E-state index contributed by atoms with van der Waals surface area (Å²) in [6.45, 7) is 0. The molecule has 35 heavy (non-hydrogen) atoms. The van der Waals surface area contributed by atoms with E-state index in [2.05, 4.69) is 10.2 Å². The van der Waals surface area contributed by atoms with Crippen molar-refractivity contribution in [2.45, 2.75) is 6.04 Å². The summed E-state index contributed by atoms with van der Waals surface area (Å²) in [5.74, 6) is -3.10. The maximum absolute atomic E-state index is 13.7. The van der Waals surface area contributed by atoms with Gasteiger partial charge in [-0.05, 0) is 66.2 Å². The lowest BCUT2D eigenvalue weighted by molar-refractivity contribution is -0.135. The molecule has 1 aliphatic heterocycles. The molecule has 9 heteroatoms. The minimum absolute atomic E-state index is 0.262. The topological polar surface area (TPSA) is 103 Å². The maximum atomic E-state index is 13.7. The van der Waals surface area contributed by atoms with Crippen LogP contribution in [0.25, 0.3) is 11.5 Å². The third-order valence-electron chi connectivity index (χ3n) is 5.93. The number of amides is 1. The van der Waals surface area contributed by atoms with Gasteiger partial charge in [-0.2, -0.15) is 0 Å². The van der Waals surface area contributed by atoms with Crippen molar-refractivity contribution in [1.82, 2.24) is 10.2 Å². The number of halogens is 1. The minimum atomic E-state index is -1.31. The summed E-state index contributed by atoms with van der Waals surface area (Å²) < 4.78 is 24.0. The summed E-state index contributed by atoms with van der Waals surface area (Å²) in [4.78, 5) is 41.2. The van der Waals surface area contributed by atoms with Crippen molar-refractivity contribution in [1.29, 1.82) is 0 Å². The number of carbonyl (C=O) groups excluding carboxylic acids is 3. The molecule has 0 spiro atoms. The molecule has 174 valence electrons.